The van der Waals surface area contributed by atoms with Gasteiger partial charge in [-0.2, -0.15) is 0 Å². The number of sulfonamides is 1. The maximum atomic E-state index is 12.1. The van der Waals surface area contributed by atoms with Crippen LogP contribution in [0.5, 0.6) is 0 Å². The molecule has 1 fully saturated rings. The highest BCUT2D eigenvalue weighted by molar-refractivity contribution is 7.91. The van der Waals surface area contributed by atoms with Crippen LogP contribution in [-0.2, 0) is 21.3 Å². The Labute approximate surface area is 111 Å². The van der Waals surface area contributed by atoms with Gasteiger partial charge in [0.05, 0.1) is 6.61 Å². The van der Waals surface area contributed by atoms with Crippen LogP contribution in [0.4, 0.5) is 0 Å². The Morgan fingerprint density at radius 1 is 1.61 bits per heavy atom. The van der Waals surface area contributed by atoms with Crippen molar-refractivity contribution in [2.75, 3.05) is 19.8 Å². The average molecular weight is 290 g/mol. The fourth-order valence-electron chi connectivity index (χ4n) is 1.87. The van der Waals surface area contributed by atoms with Gasteiger partial charge in [-0.3, -0.25) is 0 Å². The zero-order chi connectivity index (χ0) is 13.2. The number of ether oxygens (including phenoxy) is 1. The van der Waals surface area contributed by atoms with E-state index >= 15 is 0 Å². The number of nitrogens with two attached hydrogens (primary N) is 1. The van der Waals surface area contributed by atoms with Crippen LogP contribution in [0.1, 0.15) is 16.9 Å². The molecule has 1 aromatic rings. The van der Waals surface area contributed by atoms with Crippen LogP contribution in [0.15, 0.2) is 10.3 Å². The molecule has 0 amide bonds. The van der Waals surface area contributed by atoms with E-state index in [-0.39, 0.29) is 5.92 Å². The summed E-state index contributed by atoms with van der Waals surface area (Å²) in [5, 5.41) is 0. The molecule has 1 atom stereocenters. The van der Waals surface area contributed by atoms with Crippen molar-refractivity contribution in [3.63, 3.8) is 0 Å². The Morgan fingerprint density at radius 3 is 2.94 bits per heavy atom. The molecule has 1 saturated heterocycles. The number of thiophene rings is 1. The molecule has 18 heavy (non-hydrogen) atoms. The maximum Gasteiger partial charge on any atom is 0.250 e. The summed E-state index contributed by atoms with van der Waals surface area (Å²) in [6.45, 7) is 4.06. The number of hydrogen-bond donors (Lipinski definition) is 2. The number of hydrogen-bond acceptors (Lipinski definition) is 5. The molecule has 7 heteroatoms. The largest absolute Gasteiger partial charge is 0.381 e. The molecule has 102 valence electrons. The molecule has 0 bridgehead atoms. The second-order valence-corrected chi connectivity index (χ2v) is 7.59. The first-order chi connectivity index (χ1) is 8.53. The highest BCUT2D eigenvalue weighted by Crippen LogP contribution is 2.25. The standard InChI is InChI=1S/C11H18N2O3S2/c1-8-4-11(17-10(8)5-12)18(14,15)13-6-9-2-3-16-7-9/h4,9,13H,2-3,5-7,12H2,1H3. The van der Waals surface area contributed by atoms with E-state index in [9.17, 15) is 8.42 Å². The molecule has 0 radical (unpaired) electrons. The maximum absolute atomic E-state index is 12.1. The minimum absolute atomic E-state index is 0.287. The van der Waals surface area contributed by atoms with Crippen LogP contribution in [0.2, 0.25) is 0 Å². The third-order valence-corrected chi connectivity index (χ3v) is 6.19. The van der Waals surface area contributed by atoms with Gasteiger partial charge in [-0.1, -0.05) is 0 Å². The van der Waals surface area contributed by atoms with E-state index in [0.717, 1.165) is 23.5 Å². The zero-order valence-corrected chi connectivity index (χ0v) is 11.9. The molecule has 0 saturated carbocycles. The monoisotopic (exact) mass is 290 g/mol. The SMILES string of the molecule is Cc1cc(S(=O)(=O)NCC2CCOC2)sc1CN. The number of aryl methyl sites for hydroxylation is 1. The summed E-state index contributed by atoms with van der Waals surface area (Å²) >= 11 is 1.24. The quantitative estimate of drug-likeness (QED) is 0.841. The molecule has 1 aromatic heterocycles. The summed E-state index contributed by atoms with van der Waals surface area (Å²) in [6.07, 6.45) is 0.917. The number of nitrogens with one attached hydrogen (secondary N) is 1. The highest BCUT2D eigenvalue weighted by atomic mass is 32.2. The Kier molecular flexibility index (Phi) is 4.39. The minimum Gasteiger partial charge on any atom is -0.381 e. The molecule has 3 N–H and O–H groups in total. The minimum atomic E-state index is -3.40. The smallest absolute Gasteiger partial charge is 0.250 e. The van der Waals surface area contributed by atoms with Crippen LogP contribution in [0.3, 0.4) is 0 Å². The predicted octanol–water partition coefficient (Wildman–Crippen LogP) is 0.830. The van der Waals surface area contributed by atoms with Gasteiger partial charge in [0.1, 0.15) is 4.21 Å². The lowest BCUT2D eigenvalue weighted by Gasteiger charge is -2.08. The lowest BCUT2D eigenvalue weighted by Crippen LogP contribution is -2.29. The van der Waals surface area contributed by atoms with Gasteiger partial charge in [0.2, 0.25) is 10.0 Å². The molecular weight excluding hydrogens is 272 g/mol. The topological polar surface area (TPSA) is 81.4 Å². The summed E-state index contributed by atoms with van der Waals surface area (Å²) in [5.41, 5.74) is 6.50. The van der Waals surface area contributed by atoms with Crippen LogP contribution in [0.25, 0.3) is 0 Å². The fraction of sp³-hybridized carbons (Fsp3) is 0.636. The first-order valence-corrected chi connectivity index (χ1v) is 8.19. The van der Waals surface area contributed by atoms with E-state index in [1.165, 1.54) is 11.3 Å². The summed E-state index contributed by atoms with van der Waals surface area (Å²) in [5.74, 6) is 0.287. The van der Waals surface area contributed by atoms with Crippen molar-refractivity contribution >= 4 is 21.4 Å². The summed E-state index contributed by atoms with van der Waals surface area (Å²) in [4.78, 5) is 0.916. The van der Waals surface area contributed by atoms with E-state index < -0.39 is 10.0 Å². The average Bonchev–Trinajstić information content (AvgIpc) is 2.95. The van der Waals surface area contributed by atoms with Crippen molar-refractivity contribution in [2.24, 2.45) is 11.7 Å². The highest BCUT2D eigenvalue weighted by Gasteiger charge is 2.22. The molecule has 1 aliphatic heterocycles. The third-order valence-electron chi connectivity index (χ3n) is 3.03. The van der Waals surface area contributed by atoms with Gasteiger partial charge in [0, 0.05) is 24.6 Å². The van der Waals surface area contributed by atoms with Crippen LogP contribution in [-0.4, -0.2) is 28.2 Å². The van der Waals surface area contributed by atoms with Gasteiger partial charge in [-0.25, -0.2) is 13.1 Å². The number of rotatable bonds is 5. The fourth-order valence-corrected chi connectivity index (χ4v) is 4.50. The summed E-state index contributed by atoms with van der Waals surface area (Å²) in [6, 6.07) is 1.68. The third kappa shape index (κ3) is 3.10. The van der Waals surface area contributed by atoms with E-state index in [1.807, 2.05) is 6.92 Å². The van der Waals surface area contributed by atoms with Crippen molar-refractivity contribution in [1.82, 2.24) is 4.72 Å². The normalized spacial score (nSPS) is 20.4. The predicted molar refractivity (Wildman–Crippen MR) is 71.1 cm³/mol. The Bertz CT molecular complexity index is 504. The van der Waals surface area contributed by atoms with Crippen molar-refractivity contribution in [1.29, 1.82) is 0 Å². The van der Waals surface area contributed by atoms with Crippen LogP contribution in [0, 0.1) is 12.8 Å². The Hall–Kier alpha value is -0.470. The van der Waals surface area contributed by atoms with Crippen LogP contribution < -0.4 is 10.5 Å². The molecule has 5 nitrogen and oxygen atoms in total. The van der Waals surface area contributed by atoms with Gasteiger partial charge in [-0.15, -0.1) is 11.3 Å². The molecule has 0 aromatic carbocycles. The van der Waals surface area contributed by atoms with Crippen LogP contribution >= 0.6 is 11.3 Å². The van der Waals surface area contributed by atoms with E-state index in [4.69, 9.17) is 10.5 Å². The van der Waals surface area contributed by atoms with Crippen molar-refractivity contribution in [3.8, 4) is 0 Å². The van der Waals surface area contributed by atoms with Gasteiger partial charge < -0.3 is 10.5 Å². The first-order valence-electron chi connectivity index (χ1n) is 5.89. The van der Waals surface area contributed by atoms with Gasteiger partial charge in [0.15, 0.2) is 0 Å². The van der Waals surface area contributed by atoms with Gasteiger partial charge in [-0.05, 0) is 30.9 Å². The van der Waals surface area contributed by atoms with Crippen molar-refractivity contribution < 1.29 is 13.2 Å². The Balaban J connectivity index is 2.04. The zero-order valence-electron chi connectivity index (χ0n) is 10.3. The van der Waals surface area contributed by atoms with Gasteiger partial charge >= 0.3 is 0 Å². The Morgan fingerprint density at radius 2 is 2.39 bits per heavy atom. The summed E-state index contributed by atoms with van der Waals surface area (Å²) in [7, 11) is -3.40. The van der Waals surface area contributed by atoms with E-state index in [0.29, 0.717) is 23.9 Å². The van der Waals surface area contributed by atoms with Gasteiger partial charge in [0.25, 0.3) is 0 Å². The molecule has 2 rings (SSSR count). The van der Waals surface area contributed by atoms with E-state index in [2.05, 4.69) is 4.72 Å². The second kappa shape index (κ2) is 5.66. The molecule has 2 heterocycles. The molecular formula is C11H18N2O3S2. The molecule has 1 aliphatic rings. The lowest BCUT2D eigenvalue weighted by molar-refractivity contribution is 0.186. The lowest BCUT2D eigenvalue weighted by atomic mass is 10.1. The van der Waals surface area contributed by atoms with Crippen molar-refractivity contribution in [3.05, 3.63) is 16.5 Å². The second-order valence-electron chi connectivity index (χ2n) is 4.46. The van der Waals surface area contributed by atoms with Crippen molar-refractivity contribution in [2.45, 2.75) is 24.1 Å². The molecule has 1 unspecified atom stereocenters. The molecule has 0 aliphatic carbocycles. The molecule has 0 spiro atoms. The van der Waals surface area contributed by atoms with E-state index in [1.54, 1.807) is 6.07 Å². The summed E-state index contributed by atoms with van der Waals surface area (Å²) < 4.78 is 32.4. The first kappa shape index (κ1) is 14.0.